The van der Waals surface area contributed by atoms with E-state index in [1.165, 1.54) is 4.90 Å². The Labute approximate surface area is 349 Å². The molecule has 15 nitrogen and oxygen atoms in total. The second-order valence-electron chi connectivity index (χ2n) is 17.3. The summed E-state index contributed by atoms with van der Waals surface area (Å²) in [5, 5.41) is 4.39. The molecule has 2 aromatic rings. The zero-order chi connectivity index (χ0) is 42.8. The third-order valence-electron chi connectivity index (χ3n) is 12.6. The first-order valence-corrected chi connectivity index (χ1v) is 22.0. The summed E-state index contributed by atoms with van der Waals surface area (Å²) in [5.74, 6) is -1.16. The number of allylic oxidation sites excluding steroid dienone is 1. The highest BCUT2D eigenvalue weighted by atomic mass is 32.2. The average molecular weight is 850 g/mol. The number of pyridine rings is 1. The van der Waals surface area contributed by atoms with E-state index in [1.807, 2.05) is 50.3 Å². The lowest BCUT2D eigenvalue weighted by atomic mass is 9.85. The Morgan fingerprint density at radius 1 is 1.14 bits per heavy atom. The minimum absolute atomic E-state index is 0. The number of nitrogens with one attached hydrogen (secondary N) is 2. The Bertz CT molecular complexity index is 2060. The second-order valence-corrected chi connectivity index (χ2v) is 19.4. The van der Waals surface area contributed by atoms with Gasteiger partial charge in [0.15, 0.2) is 0 Å². The monoisotopic (exact) mass is 849 g/mol. The van der Waals surface area contributed by atoms with Gasteiger partial charge in [-0.05, 0) is 76.2 Å². The Kier molecular flexibility index (Phi) is 13.1. The van der Waals surface area contributed by atoms with Crippen LogP contribution in [-0.4, -0.2) is 104 Å². The molecule has 4 heterocycles. The van der Waals surface area contributed by atoms with Crippen LogP contribution < -0.4 is 25.2 Å². The van der Waals surface area contributed by atoms with E-state index in [0.29, 0.717) is 24.2 Å². The molecule has 4 fully saturated rings. The van der Waals surface area contributed by atoms with Crippen LogP contribution in [0.25, 0.3) is 10.8 Å². The molecule has 5 aliphatic rings. The molecule has 0 radical (unpaired) electrons. The van der Waals surface area contributed by atoms with Crippen molar-refractivity contribution in [2.75, 3.05) is 33.5 Å². The largest absolute Gasteiger partial charge is 0.494 e. The van der Waals surface area contributed by atoms with Gasteiger partial charge in [-0.3, -0.25) is 19.1 Å². The van der Waals surface area contributed by atoms with Gasteiger partial charge in [-0.2, -0.15) is 0 Å². The Hall–Kier alpha value is -4.51. The van der Waals surface area contributed by atoms with Crippen molar-refractivity contribution in [3.05, 3.63) is 42.6 Å². The van der Waals surface area contributed by atoms with Crippen molar-refractivity contribution in [3.63, 3.8) is 0 Å². The summed E-state index contributed by atoms with van der Waals surface area (Å²) in [7, 11) is -2.74. The summed E-state index contributed by atoms with van der Waals surface area (Å²) in [6.07, 6.45) is 8.86. The molecule has 3 aliphatic heterocycles. The zero-order valence-electron chi connectivity index (χ0n) is 34.5. The third kappa shape index (κ3) is 9.61. The molecule has 1 aromatic carbocycles. The van der Waals surface area contributed by atoms with Crippen molar-refractivity contribution < 1.29 is 55.2 Å². The van der Waals surface area contributed by atoms with E-state index in [1.54, 1.807) is 13.3 Å². The van der Waals surface area contributed by atoms with Crippen molar-refractivity contribution in [3.8, 4) is 11.6 Å². The first-order chi connectivity index (χ1) is 28.0. The molecule has 2 aliphatic carbocycles. The number of carbonyl (C=O) groups is 4. The van der Waals surface area contributed by atoms with Crippen molar-refractivity contribution >= 4 is 44.6 Å². The molecular weight excluding hydrogens is 786 g/mol. The number of sulfonamides is 1. The molecule has 2 unspecified atom stereocenters. The second kappa shape index (κ2) is 17.6. The number of hydrogen-bond donors (Lipinski definition) is 3. The number of amides is 4. The third-order valence-corrected chi connectivity index (χ3v) is 14.8. The van der Waals surface area contributed by atoms with Crippen LogP contribution in [0.2, 0.25) is 0 Å². The van der Waals surface area contributed by atoms with Crippen LogP contribution in [-0.2, 0) is 33.9 Å². The molecule has 2 saturated carbocycles. The van der Waals surface area contributed by atoms with E-state index in [0.717, 1.165) is 49.5 Å². The maximum absolute atomic E-state index is 14.2. The van der Waals surface area contributed by atoms with E-state index in [9.17, 15) is 32.0 Å². The number of ether oxygens (including phenoxy) is 4. The number of nitrogens with two attached hydrogens (primary N) is 1. The normalized spacial score (nSPS) is 32.3. The lowest BCUT2D eigenvalue weighted by Crippen LogP contribution is -2.57. The van der Waals surface area contributed by atoms with E-state index >= 15 is 0 Å². The van der Waals surface area contributed by atoms with Gasteiger partial charge < -0.3 is 34.9 Å². The van der Waals surface area contributed by atoms with E-state index in [-0.39, 0.29) is 54.3 Å². The summed E-state index contributed by atoms with van der Waals surface area (Å²) in [5.41, 5.74) is 2.85. The van der Waals surface area contributed by atoms with E-state index < -0.39 is 68.6 Å². The predicted octanol–water partition coefficient (Wildman–Crippen LogP) is 5.45. The van der Waals surface area contributed by atoms with Gasteiger partial charge in [-0.15, -0.1) is 0 Å². The van der Waals surface area contributed by atoms with Gasteiger partial charge in [0.1, 0.15) is 40.5 Å². The van der Waals surface area contributed by atoms with E-state index in [2.05, 4.69) is 28.9 Å². The fourth-order valence-corrected chi connectivity index (χ4v) is 9.91. The molecule has 59 heavy (non-hydrogen) atoms. The number of methoxy groups -OCH3 is 1. The maximum Gasteiger partial charge on any atom is 0.405 e. The number of primary amides is 1. The summed E-state index contributed by atoms with van der Waals surface area (Å²) in [6.45, 7) is 8.16. The number of alkyl halides is 1. The maximum atomic E-state index is 14.2. The minimum atomic E-state index is -4.31. The lowest BCUT2D eigenvalue weighted by Gasteiger charge is -2.31. The molecule has 4 N–H and O–H groups in total. The van der Waals surface area contributed by atoms with Crippen LogP contribution in [0.1, 0.15) is 89.8 Å². The molecule has 2 saturated heterocycles. The Balaban J connectivity index is 0.000000640. The number of carbonyl (C=O) groups excluding carboxylic acids is 4. The number of rotatable bonds is 8. The molecule has 0 spiro atoms. The van der Waals surface area contributed by atoms with Crippen LogP contribution in [0.15, 0.2) is 42.6 Å². The van der Waals surface area contributed by atoms with Crippen LogP contribution in [0.3, 0.4) is 0 Å². The predicted molar refractivity (Wildman–Crippen MR) is 223 cm³/mol. The number of halogens is 1. The molecule has 0 bridgehead atoms. The number of fused-ring (bicyclic) bond motifs is 3. The lowest BCUT2D eigenvalue weighted by molar-refractivity contribution is -0.143. The standard InChI is InChI=1S/C35H45FN4O7S.C7H13NO3.3H2/c1-21-9-5-6-10-24-17-35(24,33(43)39-48(44,45)34(20-36)13-14-34)38-30(41)28-16-25(19-40(28)32(42)23(3)22(2)15-21)47-31-27-12-8-7-11-26(27)29(46-4)18-37-31;1-7(11-6(8)9)3-2-4-10-5-7;;;/h6-8,10-12,18,21-25,28H,5,9,13-17,19-20H2,1-4H3,(H,38,41)(H,39,43);2-5H2,1H3,(H2,8,9);3*1H/b10-6-;;;;/t21-,22-,23?,24-,25-,28+,35-;;;;/m1..../s1. The highest BCUT2D eigenvalue weighted by Gasteiger charge is 2.64. The molecule has 330 valence electrons. The van der Waals surface area contributed by atoms with Crippen LogP contribution in [0.4, 0.5) is 9.18 Å². The van der Waals surface area contributed by atoms with Crippen molar-refractivity contribution in [1.29, 1.82) is 0 Å². The highest BCUT2D eigenvalue weighted by molar-refractivity contribution is 7.91. The van der Waals surface area contributed by atoms with Gasteiger partial charge in [0, 0.05) is 39.9 Å². The summed E-state index contributed by atoms with van der Waals surface area (Å²) >= 11 is 0. The molecule has 4 amide bonds. The smallest absolute Gasteiger partial charge is 0.405 e. The van der Waals surface area contributed by atoms with Crippen LogP contribution >= 0.6 is 0 Å². The topological polar surface area (TPSA) is 206 Å². The fraction of sp³-hybridized carbons (Fsp3) is 0.643. The first kappa shape index (κ1) is 44.1. The quantitative estimate of drug-likeness (QED) is 0.285. The van der Waals surface area contributed by atoms with E-state index in [4.69, 9.17) is 24.7 Å². The number of benzene rings is 1. The Morgan fingerprint density at radius 3 is 2.51 bits per heavy atom. The zero-order valence-corrected chi connectivity index (χ0v) is 35.4. The number of aromatic nitrogens is 1. The molecule has 7 rings (SSSR count). The van der Waals surface area contributed by atoms with Gasteiger partial charge in [0.05, 0.1) is 26.5 Å². The van der Waals surface area contributed by atoms with Crippen LogP contribution in [0, 0.1) is 23.7 Å². The SMILES string of the molecule is CC1(OC(N)=O)CCCOC1.COc1cnc(O[C@@H]2C[C@H]3C(=O)N[C@]4(C(=O)NS(=O)(=O)C5(CF)CC5)C[C@H]4/C=C\CC[C@@H](C)C[C@@H](C)C(C)C(=O)N3C2)c2ccccc12.[HH].[HH].[HH]. The Morgan fingerprint density at radius 2 is 1.86 bits per heavy atom. The number of hydrogen-bond acceptors (Lipinski definition) is 11. The highest BCUT2D eigenvalue weighted by Crippen LogP contribution is 2.48. The molecule has 1 aromatic heterocycles. The van der Waals surface area contributed by atoms with Crippen molar-refractivity contribution in [2.45, 2.75) is 114 Å². The van der Waals surface area contributed by atoms with Gasteiger partial charge >= 0.3 is 6.09 Å². The van der Waals surface area contributed by atoms with Crippen molar-refractivity contribution in [1.82, 2.24) is 19.9 Å². The van der Waals surface area contributed by atoms with Gasteiger partial charge in [-0.1, -0.05) is 51.1 Å². The molecular formula is C42H64FN5O10S. The molecule has 17 heteroatoms. The van der Waals surface area contributed by atoms with Crippen molar-refractivity contribution in [2.24, 2.45) is 29.4 Å². The van der Waals surface area contributed by atoms with Gasteiger partial charge in [0.2, 0.25) is 27.7 Å². The summed E-state index contributed by atoms with van der Waals surface area (Å²) in [4.78, 5) is 58.4. The first-order valence-electron chi connectivity index (χ1n) is 20.5. The number of nitrogens with zero attached hydrogens (tertiary/aromatic N) is 2. The average Bonchev–Trinajstić information content (AvgIpc) is 4.10. The van der Waals surface area contributed by atoms with Crippen LogP contribution in [0.5, 0.6) is 11.6 Å². The summed E-state index contributed by atoms with van der Waals surface area (Å²) in [6, 6.07) is 6.53. The molecule has 8 atom stereocenters. The van der Waals surface area contributed by atoms with Gasteiger partial charge in [0.25, 0.3) is 5.91 Å². The summed E-state index contributed by atoms with van der Waals surface area (Å²) < 4.78 is 62.2. The minimum Gasteiger partial charge on any atom is -0.494 e. The fourth-order valence-electron chi connectivity index (χ4n) is 8.48. The van der Waals surface area contributed by atoms with Gasteiger partial charge in [-0.25, -0.2) is 22.6 Å².